The fraction of sp³-hybridized carbons (Fsp3) is 0.444. The minimum Gasteiger partial charge on any atom is -0.293 e. The first kappa shape index (κ1) is 7.26. The number of nitrogens with zero attached hydrogens (tertiary/aromatic N) is 1. The molecule has 0 unspecified atom stereocenters. The van der Waals surface area contributed by atoms with Crippen molar-refractivity contribution in [1.82, 2.24) is 0 Å². The molecule has 0 atom stereocenters. The van der Waals surface area contributed by atoms with E-state index in [-0.39, 0.29) is 0 Å². The monoisotopic (exact) mass is 135 g/mol. The average molecular weight is 135 g/mol. The van der Waals surface area contributed by atoms with Gasteiger partial charge in [-0.2, -0.15) is 0 Å². The van der Waals surface area contributed by atoms with Crippen molar-refractivity contribution in [2.45, 2.75) is 19.8 Å². The van der Waals surface area contributed by atoms with E-state index in [1.807, 2.05) is 7.05 Å². The minimum atomic E-state index is 1.09. The van der Waals surface area contributed by atoms with E-state index in [0.29, 0.717) is 0 Å². The second-order valence-electron chi connectivity index (χ2n) is 2.54. The van der Waals surface area contributed by atoms with Gasteiger partial charge in [0.2, 0.25) is 0 Å². The van der Waals surface area contributed by atoms with Gasteiger partial charge in [0.25, 0.3) is 0 Å². The van der Waals surface area contributed by atoms with Crippen LogP contribution in [0.1, 0.15) is 19.8 Å². The highest BCUT2D eigenvalue weighted by Crippen LogP contribution is 2.07. The Bertz CT molecular complexity index is 197. The topological polar surface area (TPSA) is 12.4 Å². The molecule has 0 amide bonds. The largest absolute Gasteiger partial charge is 0.293 e. The van der Waals surface area contributed by atoms with Gasteiger partial charge in [0, 0.05) is 12.8 Å². The normalized spacial score (nSPS) is 22.6. The minimum absolute atomic E-state index is 1.09. The Balaban J connectivity index is 2.71. The van der Waals surface area contributed by atoms with E-state index < -0.39 is 0 Å². The maximum absolute atomic E-state index is 4.14. The van der Waals surface area contributed by atoms with E-state index in [4.69, 9.17) is 0 Å². The molecule has 0 aromatic rings. The van der Waals surface area contributed by atoms with Crippen LogP contribution in [0.15, 0.2) is 28.8 Å². The molecule has 0 fully saturated rings. The van der Waals surface area contributed by atoms with Gasteiger partial charge in [-0.25, -0.2) is 0 Å². The van der Waals surface area contributed by atoms with Gasteiger partial charge in [-0.05, 0) is 25.8 Å². The summed E-state index contributed by atoms with van der Waals surface area (Å²) < 4.78 is 0. The summed E-state index contributed by atoms with van der Waals surface area (Å²) in [4.78, 5) is 4.14. The summed E-state index contributed by atoms with van der Waals surface area (Å²) in [7, 11) is 1.85. The Hall–Kier alpha value is -0.850. The Morgan fingerprint density at radius 1 is 1.40 bits per heavy atom. The zero-order chi connectivity index (χ0) is 7.40. The molecule has 0 radical (unpaired) electrons. The van der Waals surface area contributed by atoms with Gasteiger partial charge in [0.1, 0.15) is 0 Å². The molecular formula is C9H13N. The van der Waals surface area contributed by atoms with Crippen LogP contribution in [-0.2, 0) is 0 Å². The summed E-state index contributed by atoms with van der Waals surface area (Å²) in [5.41, 5.74) is 2.55. The summed E-state index contributed by atoms with van der Waals surface area (Å²) in [5, 5.41) is 0. The first-order valence-corrected chi connectivity index (χ1v) is 3.63. The molecule has 0 saturated carbocycles. The highest BCUT2D eigenvalue weighted by Gasteiger charge is 1.95. The van der Waals surface area contributed by atoms with E-state index in [0.717, 1.165) is 12.8 Å². The van der Waals surface area contributed by atoms with Gasteiger partial charge in [-0.15, -0.1) is 0 Å². The van der Waals surface area contributed by atoms with Gasteiger partial charge in [0.15, 0.2) is 0 Å². The van der Waals surface area contributed by atoms with Crippen molar-refractivity contribution < 1.29 is 0 Å². The first-order chi connectivity index (χ1) is 4.83. The summed E-state index contributed by atoms with van der Waals surface area (Å²) in [6, 6.07) is 0. The summed E-state index contributed by atoms with van der Waals surface area (Å²) in [6.07, 6.45) is 8.68. The molecule has 0 aromatic carbocycles. The third kappa shape index (κ3) is 1.83. The standard InChI is InChI=1S/C9H13N/c1-8-4-3-5-9(10-2)7-6-8/h4,6-7H,3,5H2,1-2H3. The average Bonchev–Trinajstić information content (AvgIpc) is 2.14. The molecule has 1 nitrogen and oxygen atoms in total. The Morgan fingerprint density at radius 2 is 2.20 bits per heavy atom. The summed E-state index contributed by atoms with van der Waals surface area (Å²) in [5.74, 6) is 0. The fourth-order valence-corrected chi connectivity index (χ4v) is 1.01. The molecule has 1 aliphatic carbocycles. The quantitative estimate of drug-likeness (QED) is 0.483. The molecule has 0 bridgehead atoms. The van der Waals surface area contributed by atoms with Crippen molar-refractivity contribution in [2.24, 2.45) is 4.99 Å². The number of rotatable bonds is 0. The summed E-state index contributed by atoms with van der Waals surface area (Å²) in [6.45, 7) is 2.12. The van der Waals surface area contributed by atoms with Crippen molar-refractivity contribution in [2.75, 3.05) is 7.05 Å². The second kappa shape index (κ2) is 3.35. The third-order valence-electron chi connectivity index (χ3n) is 1.69. The molecule has 0 aromatic heterocycles. The lowest BCUT2D eigenvalue weighted by Crippen LogP contribution is -1.89. The molecule has 0 heterocycles. The van der Waals surface area contributed by atoms with Gasteiger partial charge in [-0.1, -0.05) is 17.7 Å². The number of hydrogen-bond acceptors (Lipinski definition) is 1. The van der Waals surface area contributed by atoms with Crippen LogP contribution in [0.3, 0.4) is 0 Å². The highest BCUT2D eigenvalue weighted by atomic mass is 14.7. The molecule has 0 saturated heterocycles. The molecule has 10 heavy (non-hydrogen) atoms. The lowest BCUT2D eigenvalue weighted by Gasteiger charge is -1.91. The van der Waals surface area contributed by atoms with Crippen LogP contribution in [-0.4, -0.2) is 12.8 Å². The Labute approximate surface area is 62.2 Å². The maximum Gasteiger partial charge on any atom is 0.0348 e. The van der Waals surface area contributed by atoms with Gasteiger partial charge in [-0.3, -0.25) is 4.99 Å². The van der Waals surface area contributed by atoms with E-state index in [1.54, 1.807) is 0 Å². The number of aliphatic imine (C=N–C) groups is 1. The molecule has 0 spiro atoms. The first-order valence-electron chi connectivity index (χ1n) is 3.63. The van der Waals surface area contributed by atoms with Crippen molar-refractivity contribution in [3.8, 4) is 0 Å². The maximum atomic E-state index is 4.14. The Kier molecular flexibility index (Phi) is 2.43. The van der Waals surface area contributed by atoms with Crippen molar-refractivity contribution in [3.05, 3.63) is 23.8 Å². The molecular weight excluding hydrogens is 122 g/mol. The van der Waals surface area contributed by atoms with Crippen LogP contribution in [0.5, 0.6) is 0 Å². The van der Waals surface area contributed by atoms with Crippen molar-refractivity contribution in [3.63, 3.8) is 0 Å². The van der Waals surface area contributed by atoms with E-state index >= 15 is 0 Å². The van der Waals surface area contributed by atoms with Gasteiger partial charge < -0.3 is 0 Å². The van der Waals surface area contributed by atoms with Crippen LogP contribution in [0.4, 0.5) is 0 Å². The second-order valence-corrected chi connectivity index (χ2v) is 2.54. The smallest absolute Gasteiger partial charge is 0.0348 e. The van der Waals surface area contributed by atoms with E-state index in [1.165, 1.54) is 11.3 Å². The highest BCUT2D eigenvalue weighted by molar-refractivity contribution is 5.95. The van der Waals surface area contributed by atoms with Crippen molar-refractivity contribution in [1.29, 1.82) is 0 Å². The third-order valence-corrected chi connectivity index (χ3v) is 1.69. The van der Waals surface area contributed by atoms with E-state index in [9.17, 15) is 0 Å². The van der Waals surface area contributed by atoms with Crippen LogP contribution < -0.4 is 0 Å². The molecule has 1 heteroatoms. The predicted octanol–water partition coefficient (Wildman–Crippen LogP) is 2.35. The van der Waals surface area contributed by atoms with Crippen LogP contribution in [0.25, 0.3) is 0 Å². The molecule has 0 aliphatic heterocycles. The lowest BCUT2D eigenvalue weighted by atomic mass is 10.2. The van der Waals surface area contributed by atoms with Gasteiger partial charge in [0.05, 0.1) is 0 Å². The molecule has 1 rings (SSSR count). The van der Waals surface area contributed by atoms with Crippen molar-refractivity contribution >= 4 is 5.71 Å². The summed E-state index contributed by atoms with van der Waals surface area (Å²) >= 11 is 0. The Morgan fingerprint density at radius 3 is 2.90 bits per heavy atom. The van der Waals surface area contributed by atoms with Gasteiger partial charge >= 0.3 is 0 Å². The number of hydrogen-bond donors (Lipinski definition) is 0. The van der Waals surface area contributed by atoms with Crippen LogP contribution in [0, 0.1) is 0 Å². The molecule has 0 N–H and O–H groups in total. The SMILES string of the molecule is CN=C1C=CC(C)=CCC1. The lowest BCUT2D eigenvalue weighted by molar-refractivity contribution is 1.09. The molecule has 1 aliphatic rings. The zero-order valence-corrected chi connectivity index (χ0v) is 6.59. The van der Waals surface area contributed by atoms with Crippen LogP contribution >= 0.6 is 0 Å². The molecule has 54 valence electrons. The van der Waals surface area contributed by atoms with E-state index in [2.05, 4.69) is 30.1 Å². The predicted molar refractivity (Wildman–Crippen MR) is 45.5 cm³/mol. The fourth-order valence-electron chi connectivity index (χ4n) is 1.01. The number of allylic oxidation sites excluding steroid dienone is 4. The van der Waals surface area contributed by atoms with Crippen LogP contribution in [0.2, 0.25) is 0 Å². The zero-order valence-electron chi connectivity index (χ0n) is 6.59.